The van der Waals surface area contributed by atoms with Crippen molar-refractivity contribution < 1.29 is 9.53 Å². The van der Waals surface area contributed by atoms with Gasteiger partial charge in [0.05, 0.1) is 19.6 Å². The second-order valence-electron chi connectivity index (χ2n) is 2.75. The minimum absolute atomic E-state index is 0.500. The van der Waals surface area contributed by atoms with E-state index in [-0.39, 0.29) is 0 Å². The first-order valence-corrected chi connectivity index (χ1v) is 4.34. The number of rotatable bonds is 2. The van der Waals surface area contributed by atoms with E-state index in [9.17, 15) is 4.79 Å². The second-order valence-corrected chi connectivity index (χ2v) is 2.75. The molecule has 1 aliphatic rings. The lowest BCUT2D eigenvalue weighted by Gasteiger charge is -2.28. The molecule has 0 spiro atoms. The van der Waals surface area contributed by atoms with Crippen LogP contribution in [0.5, 0.6) is 0 Å². The SMILES string of the molecule is CC#CCC(=C=O)N1CCOCC1. The van der Waals surface area contributed by atoms with Gasteiger partial charge in [0.25, 0.3) is 0 Å². The fourth-order valence-electron chi connectivity index (χ4n) is 1.22. The molecule has 13 heavy (non-hydrogen) atoms. The average molecular weight is 179 g/mol. The maximum Gasteiger partial charge on any atom is 0.146 e. The van der Waals surface area contributed by atoms with E-state index in [2.05, 4.69) is 11.8 Å². The predicted octanol–water partition coefficient (Wildman–Crippen LogP) is 0.448. The van der Waals surface area contributed by atoms with Crippen molar-refractivity contribution in [1.29, 1.82) is 0 Å². The van der Waals surface area contributed by atoms with Gasteiger partial charge in [-0.1, -0.05) is 5.92 Å². The number of nitrogens with zero attached hydrogens (tertiary/aromatic N) is 1. The molecule has 0 aromatic rings. The Bertz CT molecular complexity index is 262. The summed E-state index contributed by atoms with van der Waals surface area (Å²) in [4.78, 5) is 12.6. The van der Waals surface area contributed by atoms with Crippen molar-refractivity contribution in [3.05, 3.63) is 5.70 Å². The van der Waals surface area contributed by atoms with Crippen LogP contribution in [-0.4, -0.2) is 37.1 Å². The minimum Gasteiger partial charge on any atom is -0.378 e. The third-order valence-electron chi connectivity index (χ3n) is 1.94. The molecule has 0 amide bonds. The Morgan fingerprint density at radius 1 is 1.46 bits per heavy atom. The van der Waals surface area contributed by atoms with Crippen molar-refractivity contribution in [3.63, 3.8) is 0 Å². The van der Waals surface area contributed by atoms with Gasteiger partial charge in [0.1, 0.15) is 11.6 Å². The molecule has 0 aliphatic carbocycles. The van der Waals surface area contributed by atoms with Crippen molar-refractivity contribution in [3.8, 4) is 11.8 Å². The molecule has 0 saturated carbocycles. The van der Waals surface area contributed by atoms with Crippen molar-refractivity contribution in [2.45, 2.75) is 13.3 Å². The fourth-order valence-corrected chi connectivity index (χ4v) is 1.22. The predicted molar refractivity (Wildman–Crippen MR) is 49.7 cm³/mol. The largest absolute Gasteiger partial charge is 0.378 e. The number of hydrogen-bond donors (Lipinski definition) is 0. The first kappa shape index (κ1) is 9.85. The molecule has 3 nitrogen and oxygen atoms in total. The summed E-state index contributed by atoms with van der Waals surface area (Å²) in [7, 11) is 0. The summed E-state index contributed by atoms with van der Waals surface area (Å²) >= 11 is 0. The van der Waals surface area contributed by atoms with E-state index in [1.807, 2.05) is 10.8 Å². The molecular formula is C10H13NO2. The number of ether oxygens (including phenoxy) is 1. The van der Waals surface area contributed by atoms with Crippen LogP contribution < -0.4 is 0 Å². The van der Waals surface area contributed by atoms with Crippen LogP contribution in [0.1, 0.15) is 13.3 Å². The van der Waals surface area contributed by atoms with Crippen LogP contribution in [0, 0.1) is 11.8 Å². The second kappa shape index (κ2) is 5.42. The van der Waals surface area contributed by atoms with Gasteiger partial charge >= 0.3 is 0 Å². The lowest BCUT2D eigenvalue weighted by molar-refractivity contribution is 0.0536. The van der Waals surface area contributed by atoms with E-state index in [0.29, 0.717) is 25.3 Å². The van der Waals surface area contributed by atoms with E-state index < -0.39 is 0 Å². The van der Waals surface area contributed by atoms with Crippen molar-refractivity contribution in [2.24, 2.45) is 0 Å². The van der Waals surface area contributed by atoms with Crippen LogP contribution in [0.2, 0.25) is 0 Å². The smallest absolute Gasteiger partial charge is 0.146 e. The molecule has 1 fully saturated rings. The van der Waals surface area contributed by atoms with E-state index in [1.165, 1.54) is 0 Å². The standard InChI is InChI=1S/C10H13NO2/c1-2-3-4-10(9-12)11-5-7-13-8-6-11/h4-8H2,1H3. The van der Waals surface area contributed by atoms with Gasteiger partial charge < -0.3 is 9.64 Å². The average Bonchev–Trinajstić information content (AvgIpc) is 2.21. The van der Waals surface area contributed by atoms with Gasteiger partial charge in [-0.15, -0.1) is 5.92 Å². The van der Waals surface area contributed by atoms with Crippen LogP contribution in [0.25, 0.3) is 0 Å². The summed E-state index contributed by atoms with van der Waals surface area (Å²) in [5, 5.41) is 0. The molecule has 0 unspecified atom stereocenters. The number of hydrogen-bond acceptors (Lipinski definition) is 3. The lowest BCUT2D eigenvalue weighted by Crippen LogP contribution is -2.35. The molecule has 1 rings (SSSR count). The van der Waals surface area contributed by atoms with E-state index in [0.717, 1.165) is 13.1 Å². The quantitative estimate of drug-likeness (QED) is 0.455. The summed E-state index contributed by atoms with van der Waals surface area (Å²) < 4.78 is 5.18. The molecule has 0 atom stereocenters. The molecule has 70 valence electrons. The molecule has 1 aliphatic heterocycles. The third-order valence-corrected chi connectivity index (χ3v) is 1.94. The maximum absolute atomic E-state index is 10.6. The summed E-state index contributed by atoms with van der Waals surface area (Å²) in [6.07, 6.45) is 0.500. The third kappa shape index (κ3) is 2.95. The zero-order chi connectivity index (χ0) is 9.52. The van der Waals surface area contributed by atoms with Gasteiger partial charge in [-0.3, -0.25) is 0 Å². The molecule has 0 N–H and O–H groups in total. The van der Waals surface area contributed by atoms with Crippen molar-refractivity contribution in [2.75, 3.05) is 26.3 Å². The molecular weight excluding hydrogens is 166 g/mol. The Balaban J connectivity index is 2.53. The molecule has 0 aromatic heterocycles. The molecule has 1 heterocycles. The fraction of sp³-hybridized carbons (Fsp3) is 0.600. The minimum atomic E-state index is 0.500. The highest BCUT2D eigenvalue weighted by Crippen LogP contribution is 2.07. The van der Waals surface area contributed by atoms with Crippen molar-refractivity contribution >= 4 is 5.94 Å². The molecule has 0 aromatic carbocycles. The first-order chi connectivity index (χ1) is 6.38. The Kier molecular flexibility index (Phi) is 4.11. The normalized spacial score (nSPS) is 15.6. The Morgan fingerprint density at radius 2 is 2.15 bits per heavy atom. The highest BCUT2D eigenvalue weighted by Gasteiger charge is 2.13. The zero-order valence-electron chi connectivity index (χ0n) is 7.80. The van der Waals surface area contributed by atoms with Gasteiger partial charge in [-0.05, 0) is 6.92 Å². The van der Waals surface area contributed by atoms with Gasteiger partial charge in [0.2, 0.25) is 0 Å². The molecule has 0 bridgehead atoms. The molecule has 1 saturated heterocycles. The van der Waals surface area contributed by atoms with E-state index in [4.69, 9.17) is 4.74 Å². The van der Waals surface area contributed by atoms with Crippen LogP contribution >= 0.6 is 0 Å². The lowest BCUT2D eigenvalue weighted by atomic mass is 10.3. The zero-order valence-corrected chi connectivity index (χ0v) is 7.80. The van der Waals surface area contributed by atoms with Gasteiger partial charge in [-0.25, -0.2) is 4.79 Å². The van der Waals surface area contributed by atoms with Crippen LogP contribution in [-0.2, 0) is 9.53 Å². The van der Waals surface area contributed by atoms with Gasteiger partial charge in [0, 0.05) is 13.1 Å². The number of allylic oxidation sites excluding steroid dienone is 1. The van der Waals surface area contributed by atoms with E-state index >= 15 is 0 Å². The summed E-state index contributed by atoms with van der Waals surface area (Å²) in [5.74, 6) is 7.57. The van der Waals surface area contributed by atoms with Gasteiger partial charge in [0.15, 0.2) is 0 Å². The molecule has 3 heteroatoms. The topological polar surface area (TPSA) is 29.5 Å². The summed E-state index contributed by atoms with van der Waals surface area (Å²) in [5.41, 5.74) is 0.651. The highest BCUT2D eigenvalue weighted by atomic mass is 16.5. The maximum atomic E-state index is 10.6. The van der Waals surface area contributed by atoms with Crippen molar-refractivity contribution in [1.82, 2.24) is 4.90 Å². The monoisotopic (exact) mass is 179 g/mol. The number of morpholine rings is 1. The Morgan fingerprint density at radius 3 is 2.69 bits per heavy atom. The highest BCUT2D eigenvalue weighted by molar-refractivity contribution is 5.52. The Hall–Kier alpha value is -1.23. The van der Waals surface area contributed by atoms with E-state index in [1.54, 1.807) is 6.92 Å². The Labute approximate surface area is 78.4 Å². The first-order valence-electron chi connectivity index (χ1n) is 4.34. The van der Waals surface area contributed by atoms with Crippen LogP contribution in [0.15, 0.2) is 5.70 Å². The van der Waals surface area contributed by atoms with Crippen LogP contribution in [0.3, 0.4) is 0 Å². The van der Waals surface area contributed by atoms with Gasteiger partial charge in [-0.2, -0.15) is 0 Å². The summed E-state index contributed by atoms with van der Waals surface area (Å²) in [6, 6.07) is 0. The number of carbonyl (C=O) groups excluding carboxylic acids is 1. The molecule has 0 radical (unpaired) electrons. The summed E-state index contributed by atoms with van der Waals surface area (Å²) in [6.45, 7) is 4.68. The van der Waals surface area contributed by atoms with Crippen LogP contribution in [0.4, 0.5) is 0 Å².